The molecule has 2 atom stereocenters. The average molecular weight is 529 g/mol. The third-order valence-electron chi connectivity index (χ3n) is 5.54. The van der Waals surface area contributed by atoms with Crippen LogP contribution >= 0.6 is 0 Å². The highest BCUT2D eigenvalue weighted by Gasteiger charge is 2.30. The van der Waals surface area contributed by atoms with E-state index in [9.17, 15) is 18.8 Å². The highest BCUT2D eigenvalue weighted by molar-refractivity contribution is 5.97. The van der Waals surface area contributed by atoms with Crippen molar-refractivity contribution in [3.63, 3.8) is 0 Å². The Hall–Kier alpha value is -4.62. The minimum absolute atomic E-state index is 0.00870. The summed E-state index contributed by atoms with van der Waals surface area (Å²) >= 11 is 0. The SMILES string of the molecule is CCCc1cc(C(=O)N[C@@H](C[C@@H](F)C(=O)OC)C(=O)OC)ccc1NCc1cnc2nc(N)nc(N)c2n1. The quantitative estimate of drug-likeness (QED) is 0.261. The molecule has 0 bridgehead atoms. The largest absolute Gasteiger partial charge is 0.467 e. The number of methoxy groups -OCH3 is 2. The Morgan fingerprint density at radius 1 is 1.08 bits per heavy atom. The molecule has 2 aromatic heterocycles. The molecule has 2 heterocycles. The predicted molar refractivity (Wildman–Crippen MR) is 137 cm³/mol. The molecule has 38 heavy (non-hydrogen) atoms. The number of rotatable bonds is 11. The van der Waals surface area contributed by atoms with Crippen molar-refractivity contribution in [2.45, 2.75) is 44.9 Å². The van der Waals surface area contributed by atoms with E-state index >= 15 is 0 Å². The predicted octanol–water partition coefficient (Wildman–Crippen LogP) is 1.32. The number of anilines is 3. The van der Waals surface area contributed by atoms with Gasteiger partial charge in [-0.1, -0.05) is 13.3 Å². The Labute approximate surface area is 217 Å². The zero-order valence-electron chi connectivity index (χ0n) is 21.2. The van der Waals surface area contributed by atoms with Gasteiger partial charge in [-0.25, -0.2) is 23.9 Å². The molecule has 202 valence electrons. The summed E-state index contributed by atoms with van der Waals surface area (Å²) in [6.07, 6.45) is 0.244. The maximum Gasteiger partial charge on any atom is 0.340 e. The first kappa shape index (κ1) is 28.0. The van der Waals surface area contributed by atoms with E-state index in [-0.39, 0.29) is 23.0 Å². The fraction of sp³-hybridized carbons (Fsp3) is 0.375. The summed E-state index contributed by atoms with van der Waals surface area (Å²) in [7, 11) is 2.13. The zero-order valence-corrected chi connectivity index (χ0v) is 21.2. The van der Waals surface area contributed by atoms with Crippen molar-refractivity contribution in [2.75, 3.05) is 31.0 Å². The van der Waals surface area contributed by atoms with E-state index < -0.39 is 36.5 Å². The standard InChI is InChI=1S/C24H29FN8O5/c1-4-5-12-8-13(21(34)31-17(23(36)38-3)9-15(25)22(35)37-2)6-7-16(12)28-10-14-11-29-20-18(30-14)19(26)32-24(27)33-20/h6-8,11,15,17,28H,4-5,9-10H2,1-3H3,(H,31,34)(H4,26,27,29,32,33)/t15-,17+/m1/s1. The van der Waals surface area contributed by atoms with Gasteiger partial charge in [0, 0.05) is 17.7 Å². The fourth-order valence-corrected chi connectivity index (χ4v) is 3.67. The molecule has 0 saturated heterocycles. The number of fused-ring (bicyclic) bond motifs is 1. The van der Waals surface area contributed by atoms with Gasteiger partial charge in [0.1, 0.15) is 6.04 Å². The molecule has 0 saturated carbocycles. The van der Waals surface area contributed by atoms with Crippen molar-refractivity contribution in [1.82, 2.24) is 25.3 Å². The number of benzene rings is 1. The summed E-state index contributed by atoms with van der Waals surface area (Å²) < 4.78 is 23.1. The molecule has 3 rings (SSSR count). The van der Waals surface area contributed by atoms with Crippen LogP contribution in [0, 0.1) is 0 Å². The van der Waals surface area contributed by atoms with Gasteiger partial charge in [-0.2, -0.15) is 9.97 Å². The lowest BCUT2D eigenvalue weighted by molar-refractivity contribution is -0.148. The molecular weight excluding hydrogens is 499 g/mol. The van der Waals surface area contributed by atoms with Gasteiger partial charge in [-0.15, -0.1) is 0 Å². The van der Waals surface area contributed by atoms with Gasteiger partial charge >= 0.3 is 11.9 Å². The molecule has 0 aliphatic heterocycles. The third kappa shape index (κ3) is 6.78. The molecule has 3 aromatic rings. The summed E-state index contributed by atoms with van der Waals surface area (Å²) in [6.45, 7) is 2.28. The number of nitrogens with one attached hydrogen (secondary N) is 2. The van der Waals surface area contributed by atoms with Gasteiger partial charge in [0.2, 0.25) is 5.95 Å². The molecule has 0 radical (unpaired) electrons. The number of nitrogens with zero attached hydrogens (tertiary/aromatic N) is 4. The molecule has 6 N–H and O–H groups in total. The smallest absolute Gasteiger partial charge is 0.340 e. The summed E-state index contributed by atoms with van der Waals surface area (Å²) in [6, 6.07) is 3.56. The number of aryl methyl sites for hydroxylation is 1. The van der Waals surface area contributed by atoms with E-state index in [1.807, 2.05) is 6.92 Å². The number of carbonyl (C=O) groups excluding carboxylic acids is 3. The van der Waals surface area contributed by atoms with Crippen molar-refractivity contribution < 1.29 is 28.2 Å². The Bertz CT molecular complexity index is 1340. The molecule has 0 aliphatic carbocycles. The van der Waals surface area contributed by atoms with E-state index in [4.69, 9.17) is 11.5 Å². The lowest BCUT2D eigenvalue weighted by Crippen LogP contribution is -2.44. The van der Waals surface area contributed by atoms with E-state index in [2.05, 4.69) is 40.0 Å². The summed E-state index contributed by atoms with van der Waals surface area (Å²) in [5.74, 6) is -2.53. The van der Waals surface area contributed by atoms with Crippen molar-refractivity contribution in [3.05, 3.63) is 41.2 Å². The molecular formula is C24H29FN8O5. The van der Waals surface area contributed by atoms with Gasteiger partial charge in [-0.3, -0.25) is 4.79 Å². The van der Waals surface area contributed by atoms with E-state index in [1.165, 1.54) is 0 Å². The molecule has 14 heteroatoms. The van der Waals surface area contributed by atoms with Crippen LogP contribution in [0.4, 0.5) is 21.8 Å². The Kier molecular flexibility index (Phi) is 9.24. The van der Waals surface area contributed by atoms with Gasteiger partial charge in [0.25, 0.3) is 5.91 Å². The number of hydrogen-bond donors (Lipinski definition) is 4. The second-order valence-corrected chi connectivity index (χ2v) is 8.25. The highest BCUT2D eigenvalue weighted by Crippen LogP contribution is 2.21. The van der Waals surface area contributed by atoms with E-state index in [1.54, 1.807) is 24.4 Å². The molecule has 0 aliphatic rings. The molecule has 13 nitrogen and oxygen atoms in total. The van der Waals surface area contributed by atoms with Crippen LogP contribution in [0.3, 0.4) is 0 Å². The lowest BCUT2D eigenvalue weighted by Gasteiger charge is -2.18. The lowest BCUT2D eigenvalue weighted by atomic mass is 10.0. The minimum Gasteiger partial charge on any atom is -0.467 e. The Morgan fingerprint density at radius 3 is 2.50 bits per heavy atom. The van der Waals surface area contributed by atoms with Crippen LogP contribution in [0.15, 0.2) is 24.4 Å². The summed E-state index contributed by atoms with van der Waals surface area (Å²) in [4.78, 5) is 53.0. The zero-order chi connectivity index (χ0) is 27.8. The average Bonchev–Trinajstić information content (AvgIpc) is 2.91. The van der Waals surface area contributed by atoms with Crippen molar-refractivity contribution in [3.8, 4) is 0 Å². The number of nitrogens with two attached hydrogens (primary N) is 2. The Balaban J connectivity index is 1.76. The van der Waals surface area contributed by atoms with Crippen molar-refractivity contribution >= 4 is 46.5 Å². The van der Waals surface area contributed by atoms with E-state index in [0.717, 1.165) is 31.9 Å². The number of ether oxygens (including phenoxy) is 2. The highest BCUT2D eigenvalue weighted by atomic mass is 19.1. The summed E-state index contributed by atoms with van der Waals surface area (Å²) in [5.41, 5.74) is 14.5. The van der Waals surface area contributed by atoms with Crippen LogP contribution in [-0.4, -0.2) is 64.2 Å². The number of amides is 1. The number of nitrogen functional groups attached to an aromatic ring is 2. The van der Waals surface area contributed by atoms with Gasteiger partial charge < -0.3 is 31.6 Å². The minimum atomic E-state index is -2.11. The number of alkyl halides is 1. The van der Waals surface area contributed by atoms with Gasteiger partial charge in [-0.05, 0) is 30.2 Å². The maximum atomic E-state index is 14.1. The molecule has 0 unspecified atom stereocenters. The number of esters is 2. The summed E-state index contributed by atoms with van der Waals surface area (Å²) in [5, 5.41) is 5.71. The van der Waals surface area contributed by atoms with E-state index in [0.29, 0.717) is 24.2 Å². The monoisotopic (exact) mass is 528 g/mol. The number of hydrogen-bond acceptors (Lipinski definition) is 12. The first-order valence-electron chi connectivity index (χ1n) is 11.7. The third-order valence-corrected chi connectivity index (χ3v) is 5.54. The normalized spacial score (nSPS) is 12.4. The molecule has 0 spiro atoms. The maximum absolute atomic E-state index is 14.1. The number of halogens is 1. The topological polar surface area (TPSA) is 197 Å². The number of carbonyl (C=O) groups is 3. The molecule has 1 aromatic carbocycles. The van der Waals surface area contributed by atoms with Crippen molar-refractivity contribution in [1.29, 1.82) is 0 Å². The Morgan fingerprint density at radius 2 is 1.82 bits per heavy atom. The second kappa shape index (κ2) is 12.6. The fourth-order valence-electron chi connectivity index (χ4n) is 3.67. The van der Waals surface area contributed by atoms with Crippen LogP contribution in [0.25, 0.3) is 11.2 Å². The molecule has 0 fully saturated rings. The van der Waals surface area contributed by atoms with Crippen LogP contribution in [-0.2, 0) is 32.0 Å². The second-order valence-electron chi connectivity index (χ2n) is 8.25. The first-order valence-corrected chi connectivity index (χ1v) is 11.7. The number of aromatic nitrogens is 4. The van der Waals surface area contributed by atoms with Crippen LogP contribution in [0.1, 0.15) is 41.4 Å². The van der Waals surface area contributed by atoms with Gasteiger partial charge in [0.05, 0.1) is 32.7 Å². The first-order chi connectivity index (χ1) is 18.2. The van der Waals surface area contributed by atoms with Gasteiger partial charge in [0.15, 0.2) is 23.2 Å². The molecule has 1 amide bonds. The van der Waals surface area contributed by atoms with Crippen LogP contribution < -0.4 is 22.1 Å². The van der Waals surface area contributed by atoms with Crippen LogP contribution in [0.5, 0.6) is 0 Å². The van der Waals surface area contributed by atoms with Crippen molar-refractivity contribution in [2.24, 2.45) is 0 Å². The van der Waals surface area contributed by atoms with Crippen LogP contribution in [0.2, 0.25) is 0 Å².